The number of pyridine rings is 1. The number of hydrogen-bond acceptors (Lipinski definition) is 3. The van der Waals surface area contributed by atoms with Gasteiger partial charge in [0.1, 0.15) is 0 Å². The molecule has 0 bridgehead atoms. The molecule has 0 amide bonds. The van der Waals surface area contributed by atoms with Gasteiger partial charge in [0.15, 0.2) is 0 Å². The van der Waals surface area contributed by atoms with Crippen LogP contribution in [-0.4, -0.2) is 21.4 Å². The van der Waals surface area contributed by atoms with Crippen LogP contribution in [0.1, 0.15) is 18.1 Å². The average molecular weight is 291 g/mol. The Morgan fingerprint density at radius 2 is 1.90 bits per heavy atom. The highest BCUT2D eigenvalue weighted by atomic mass is 32.2. The smallest absolute Gasteiger partial charge is 0.313 e. The second-order valence-corrected chi connectivity index (χ2v) is 5.74. The number of aliphatic carboxylic acids is 1. The van der Waals surface area contributed by atoms with Crippen LogP contribution in [0.15, 0.2) is 27.9 Å². The van der Waals surface area contributed by atoms with E-state index in [1.54, 1.807) is 4.57 Å². The van der Waals surface area contributed by atoms with E-state index < -0.39 is 5.97 Å². The monoisotopic (exact) mass is 291 g/mol. The lowest BCUT2D eigenvalue weighted by Crippen LogP contribution is -2.19. The third kappa shape index (κ3) is 2.72. The summed E-state index contributed by atoms with van der Waals surface area (Å²) in [6.07, 6.45) is 0. The van der Waals surface area contributed by atoms with Crippen molar-refractivity contribution in [1.82, 2.24) is 4.57 Å². The minimum Gasteiger partial charge on any atom is -0.481 e. The maximum atomic E-state index is 12.1. The number of fused-ring (bicyclic) bond motifs is 1. The molecule has 0 saturated carbocycles. The van der Waals surface area contributed by atoms with Crippen LogP contribution in [-0.2, 0) is 11.3 Å². The van der Waals surface area contributed by atoms with Gasteiger partial charge in [0.05, 0.1) is 11.3 Å². The van der Waals surface area contributed by atoms with Crippen molar-refractivity contribution in [1.29, 1.82) is 0 Å². The summed E-state index contributed by atoms with van der Waals surface area (Å²) in [4.78, 5) is 23.6. The van der Waals surface area contributed by atoms with Crippen LogP contribution in [0.4, 0.5) is 0 Å². The van der Waals surface area contributed by atoms with Gasteiger partial charge in [-0.1, -0.05) is 0 Å². The van der Waals surface area contributed by atoms with Crippen molar-refractivity contribution in [3.63, 3.8) is 0 Å². The van der Waals surface area contributed by atoms with E-state index in [9.17, 15) is 9.59 Å². The van der Waals surface area contributed by atoms with E-state index in [1.165, 1.54) is 17.8 Å². The number of benzene rings is 1. The van der Waals surface area contributed by atoms with Crippen LogP contribution in [0.5, 0.6) is 0 Å². The van der Waals surface area contributed by atoms with Crippen molar-refractivity contribution < 1.29 is 9.90 Å². The van der Waals surface area contributed by atoms with Crippen molar-refractivity contribution in [2.45, 2.75) is 32.2 Å². The lowest BCUT2D eigenvalue weighted by molar-refractivity contribution is -0.133. The summed E-state index contributed by atoms with van der Waals surface area (Å²) >= 11 is 1.19. The van der Waals surface area contributed by atoms with Crippen LogP contribution < -0.4 is 5.56 Å². The van der Waals surface area contributed by atoms with E-state index in [4.69, 9.17) is 5.11 Å². The average Bonchev–Trinajstić information content (AvgIpc) is 2.38. The van der Waals surface area contributed by atoms with Gasteiger partial charge >= 0.3 is 5.97 Å². The predicted molar refractivity (Wildman–Crippen MR) is 81.7 cm³/mol. The zero-order chi connectivity index (χ0) is 14.9. The van der Waals surface area contributed by atoms with Gasteiger partial charge in [0.2, 0.25) is 0 Å². The molecule has 4 nitrogen and oxygen atoms in total. The number of aryl methyl sites for hydroxylation is 3. The van der Waals surface area contributed by atoms with E-state index in [1.807, 2.05) is 32.9 Å². The maximum Gasteiger partial charge on any atom is 0.313 e. The van der Waals surface area contributed by atoms with Crippen LogP contribution in [0.25, 0.3) is 10.9 Å². The SMILES string of the molecule is CCn1c(=O)cc(SCC(=O)O)c2cc(C)c(C)cc21. The second-order valence-electron chi connectivity index (χ2n) is 4.73. The summed E-state index contributed by atoms with van der Waals surface area (Å²) in [7, 11) is 0. The Kier molecular flexibility index (Phi) is 4.18. The van der Waals surface area contributed by atoms with E-state index in [0.29, 0.717) is 6.54 Å². The standard InChI is InChI=1S/C15H17NO3S/c1-4-16-12-6-10(3)9(2)5-11(12)13(7-14(16)17)20-8-15(18)19/h5-7H,4,8H2,1-3H3,(H,18,19). The van der Waals surface area contributed by atoms with Gasteiger partial charge in [0, 0.05) is 22.9 Å². The van der Waals surface area contributed by atoms with Gasteiger partial charge in [-0.25, -0.2) is 0 Å². The quantitative estimate of drug-likeness (QED) is 0.880. The van der Waals surface area contributed by atoms with Gasteiger partial charge in [-0.3, -0.25) is 9.59 Å². The Labute approximate surface area is 121 Å². The second kappa shape index (κ2) is 5.71. The molecule has 0 unspecified atom stereocenters. The first-order valence-electron chi connectivity index (χ1n) is 6.43. The van der Waals surface area contributed by atoms with Crippen molar-refractivity contribution in [2.24, 2.45) is 0 Å². The van der Waals surface area contributed by atoms with Crippen molar-refractivity contribution in [3.05, 3.63) is 39.7 Å². The molecule has 106 valence electrons. The van der Waals surface area contributed by atoms with Crippen LogP contribution >= 0.6 is 11.8 Å². The van der Waals surface area contributed by atoms with Gasteiger partial charge in [0.25, 0.3) is 5.56 Å². The largest absolute Gasteiger partial charge is 0.481 e. The molecule has 0 aliphatic heterocycles. The summed E-state index contributed by atoms with van der Waals surface area (Å²) in [5.74, 6) is -0.927. The molecule has 0 fully saturated rings. The number of rotatable bonds is 4. The Balaban J connectivity index is 2.72. The third-order valence-corrected chi connectivity index (χ3v) is 4.40. The molecule has 0 radical (unpaired) electrons. The minimum absolute atomic E-state index is 0.0440. The van der Waals surface area contributed by atoms with Crippen LogP contribution in [0, 0.1) is 13.8 Å². The molecule has 1 aromatic heterocycles. The van der Waals surface area contributed by atoms with E-state index >= 15 is 0 Å². The van der Waals surface area contributed by atoms with E-state index in [2.05, 4.69) is 0 Å². The fourth-order valence-corrected chi connectivity index (χ4v) is 2.98. The predicted octanol–water partition coefficient (Wildman–Crippen LogP) is 2.81. The number of carboxylic acids is 1. The fourth-order valence-electron chi connectivity index (χ4n) is 2.19. The molecule has 2 rings (SSSR count). The van der Waals surface area contributed by atoms with E-state index in [-0.39, 0.29) is 11.3 Å². The van der Waals surface area contributed by atoms with E-state index in [0.717, 1.165) is 26.9 Å². The molecule has 5 heteroatoms. The van der Waals surface area contributed by atoms with Crippen LogP contribution in [0.2, 0.25) is 0 Å². The van der Waals surface area contributed by atoms with Gasteiger partial charge in [-0.15, -0.1) is 11.8 Å². The number of thioether (sulfide) groups is 1. The molecule has 2 aromatic rings. The molecule has 0 aliphatic rings. The normalized spacial score (nSPS) is 10.9. The lowest BCUT2D eigenvalue weighted by atomic mass is 10.1. The minimum atomic E-state index is -0.883. The summed E-state index contributed by atoms with van der Waals surface area (Å²) in [5, 5.41) is 9.76. The zero-order valence-corrected chi connectivity index (χ0v) is 12.6. The molecule has 0 aliphatic carbocycles. The molecular formula is C15H17NO3S. The highest BCUT2D eigenvalue weighted by molar-refractivity contribution is 8.00. The summed E-state index contributed by atoms with van der Waals surface area (Å²) in [5.41, 5.74) is 3.04. The molecule has 1 N–H and O–H groups in total. The zero-order valence-electron chi connectivity index (χ0n) is 11.8. The Hall–Kier alpha value is -1.75. The first kappa shape index (κ1) is 14.7. The Morgan fingerprint density at radius 1 is 1.25 bits per heavy atom. The highest BCUT2D eigenvalue weighted by Gasteiger charge is 2.11. The number of hydrogen-bond donors (Lipinski definition) is 1. The number of aromatic nitrogens is 1. The summed E-state index contributed by atoms with van der Waals surface area (Å²) in [6, 6.07) is 5.56. The topological polar surface area (TPSA) is 59.3 Å². The van der Waals surface area contributed by atoms with Gasteiger partial charge in [-0.05, 0) is 44.0 Å². The molecule has 1 heterocycles. The van der Waals surface area contributed by atoms with Crippen molar-refractivity contribution in [3.8, 4) is 0 Å². The lowest BCUT2D eigenvalue weighted by Gasteiger charge is -2.13. The number of carbonyl (C=O) groups is 1. The number of carboxylic acid groups (broad SMARTS) is 1. The summed E-state index contributed by atoms with van der Waals surface area (Å²) < 4.78 is 1.71. The Morgan fingerprint density at radius 3 is 2.50 bits per heavy atom. The first-order valence-corrected chi connectivity index (χ1v) is 7.42. The first-order chi connectivity index (χ1) is 9.43. The molecule has 20 heavy (non-hydrogen) atoms. The number of nitrogens with zero attached hydrogens (tertiary/aromatic N) is 1. The van der Waals surface area contributed by atoms with Gasteiger partial charge in [-0.2, -0.15) is 0 Å². The van der Waals surface area contributed by atoms with Crippen molar-refractivity contribution >= 4 is 28.6 Å². The molecular weight excluding hydrogens is 274 g/mol. The highest BCUT2D eigenvalue weighted by Crippen LogP contribution is 2.28. The van der Waals surface area contributed by atoms with Crippen LogP contribution in [0.3, 0.4) is 0 Å². The Bertz CT molecular complexity index is 734. The molecule has 0 atom stereocenters. The summed E-state index contributed by atoms with van der Waals surface area (Å²) in [6.45, 7) is 6.56. The molecule has 1 aromatic carbocycles. The van der Waals surface area contributed by atoms with Gasteiger partial charge < -0.3 is 9.67 Å². The third-order valence-electron chi connectivity index (χ3n) is 3.36. The maximum absolute atomic E-state index is 12.1. The molecule has 0 saturated heterocycles. The van der Waals surface area contributed by atoms with Crippen molar-refractivity contribution in [2.75, 3.05) is 5.75 Å². The molecule has 0 spiro atoms. The fraction of sp³-hybridized carbons (Fsp3) is 0.333.